The zero-order valence-corrected chi connectivity index (χ0v) is 12.6. The Morgan fingerprint density at radius 3 is 2.71 bits per heavy atom. The van der Waals surface area contributed by atoms with E-state index < -0.39 is 5.97 Å². The molecule has 120 valence electrons. The summed E-state index contributed by atoms with van der Waals surface area (Å²) in [6.07, 6.45) is 7.03. The third-order valence-corrected chi connectivity index (χ3v) is 4.33. The number of amides is 2. The number of nitrogens with one attached hydrogen (secondary N) is 1. The number of likely N-dealkylation sites (tertiary alicyclic amines) is 1. The third kappa shape index (κ3) is 5.19. The van der Waals surface area contributed by atoms with Crippen molar-refractivity contribution in [3.63, 3.8) is 0 Å². The molecule has 21 heavy (non-hydrogen) atoms. The SMILES string of the molecule is O=C(O)CCC1CCCCN1C(=O)NCC1CCCCO1. The van der Waals surface area contributed by atoms with Crippen LogP contribution in [-0.4, -0.2) is 53.8 Å². The number of urea groups is 1. The van der Waals surface area contributed by atoms with E-state index in [4.69, 9.17) is 9.84 Å². The number of piperidine rings is 1. The van der Waals surface area contributed by atoms with Crippen LogP contribution in [-0.2, 0) is 9.53 Å². The Kier molecular flexibility index (Phi) is 6.29. The molecule has 2 N–H and O–H groups in total. The summed E-state index contributed by atoms with van der Waals surface area (Å²) in [6, 6.07) is -0.0126. The molecule has 0 saturated carbocycles. The average molecular weight is 298 g/mol. The van der Waals surface area contributed by atoms with E-state index in [1.807, 2.05) is 4.90 Å². The van der Waals surface area contributed by atoms with Gasteiger partial charge in [-0.15, -0.1) is 0 Å². The molecule has 2 aliphatic heterocycles. The van der Waals surface area contributed by atoms with Gasteiger partial charge in [-0.05, 0) is 44.9 Å². The van der Waals surface area contributed by atoms with Crippen LogP contribution < -0.4 is 5.32 Å². The van der Waals surface area contributed by atoms with Gasteiger partial charge in [-0.2, -0.15) is 0 Å². The molecule has 2 saturated heterocycles. The molecule has 0 spiro atoms. The van der Waals surface area contributed by atoms with Crippen molar-refractivity contribution in [2.45, 2.75) is 63.5 Å². The highest BCUT2D eigenvalue weighted by molar-refractivity contribution is 5.74. The van der Waals surface area contributed by atoms with Crippen LogP contribution in [0.15, 0.2) is 0 Å². The van der Waals surface area contributed by atoms with Gasteiger partial charge in [-0.1, -0.05) is 0 Å². The van der Waals surface area contributed by atoms with E-state index in [1.165, 1.54) is 0 Å². The topological polar surface area (TPSA) is 78.9 Å². The molecule has 2 aliphatic rings. The number of carbonyl (C=O) groups excluding carboxylic acids is 1. The Balaban J connectivity index is 1.78. The van der Waals surface area contributed by atoms with Crippen LogP contribution in [0.25, 0.3) is 0 Å². The van der Waals surface area contributed by atoms with Gasteiger partial charge in [-0.3, -0.25) is 4.79 Å². The lowest BCUT2D eigenvalue weighted by Crippen LogP contribution is -2.50. The number of hydrogen-bond donors (Lipinski definition) is 2. The Labute approximate surface area is 125 Å². The van der Waals surface area contributed by atoms with Crippen LogP contribution in [0, 0.1) is 0 Å². The highest BCUT2D eigenvalue weighted by Gasteiger charge is 2.27. The normalized spacial score (nSPS) is 26.4. The first kappa shape index (κ1) is 16.1. The van der Waals surface area contributed by atoms with Gasteiger partial charge in [0.05, 0.1) is 6.10 Å². The lowest BCUT2D eigenvalue weighted by Gasteiger charge is -2.36. The summed E-state index contributed by atoms with van der Waals surface area (Å²) in [4.78, 5) is 24.8. The minimum Gasteiger partial charge on any atom is -0.481 e. The van der Waals surface area contributed by atoms with Crippen LogP contribution in [0.1, 0.15) is 51.4 Å². The summed E-state index contributed by atoms with van der Waals surface area (Å²) in [5.74, 6) is -0.795. The predicted molar refractivity (Wildman–Crippen MR) is 78.2 cm³/mol. The zero-order chi connectivity index (χ0) is 15.1. The monoisotopic (exact) mass is 298 g/mol. The summed E-state index contributed by atoms with van der Waals surface area (Å²) < 4.78 is 5.61. The average Bonchev–Trinajstić information content (AvgIpc) is 2.52. The number of carboxylic acid groups (broad SMARTS) is 1. The smallest absolute Gasteiger partial charge is 0.317 e. The number of aliphatic carboxylic acids is 1. The van der Waals surface area contributed by atoms with Crippen LogP contribution in [0.5, 0.6) is 0 Å². The number of hydrogen-bond acceptors (Lipinski definition) is 3. The molecule has 0 aromatic rings. The first-order valence-corrected chi connectivity index (χ1v) is 8.04. The second-order valence-electron chi connectivity index (χ2n) is 5.95. The van der Waals surface area contributed by atoms with Gasteiger partial charge in [0.25, 0.3) is 0 Å². The second-order valence-corrected chi connectivity index (χ2v) is 5.95. The van der Waals surface area contributed by atoms with Crippen molar-refractivity contribution in [3.8, 4) is 0 Å². The van der Waals surface area contributed by atoms with E-state index in [0.29, 0.717) is 13.0 Å². The first-order valence-electron chi connectivity index (χ1n) is 8.04. The second kappa shape index (κ2) is 8.22. The quantitative estimate of drug-likeness (QED) is 0.813. The maximum Gasteiger partial charge on any atom is 0.317 e. The van der Waals surface area contributed by atoms with E-state index >= 15 is 0 Å². The summed E-state index contributed by atoms with van der Waals surface area (Å²) in [5, 5.41) is 11.8. The van der Waals surface area contributed by atoms with Gasteiger partial charge >= 0.3 is 12.0 Å². The van der Waals surface area contributed by atoms with E-state index in [2.05, 4.69) is 5.32 Å². The van der Waals surface area contributed by atoms with Crippen LogP contribution in [0.2, 0.25) is 0 Å². The molecule has 0 aliphatic carbocycles. The number of nitrogens with zero attached hydrogens (tertiary/aromatic N) is 1. The Morgan fingerprint density at radius 1 is 1.19 bits per heavy atom. The molecule has 2 rings (SSSR count). The minimum absolute atomic E-state index is 0.0575. The fraction of sp³-hybridized carbons (Fsp3) is 0.867. The zero-order valence-electron chi connectivity index (χ0n) is 12.6. The summed E-state index contributed by atoms with van der Waals surface area (Å²) >= 11 is 0. The van der Waals surface area contributed by atoms with Gasteiger partial charge in [-0.25, -0.2) is 4.79 Å². The molecule has 0 aromatic heterocycles. The van der Waals surface area contributed by atoms with Crippen LogP contribution >= 0.6 is 0 Å². The highest BCUT2D eigenvalue weighted by Crippen LogP contribution is 2.21. The maximum atomic E-state index is 12.3. The van der Waals surface area contributed by atoms with Crippen LogP contribution in [0.3, 0.4) is 0 Å². The van der Waals surface area contributed by atoms with Crippen molar-refractivity contribution in [2.75, 3.05) is 19.7 Å². The Morgan fingerprint density at radius 2 is 2.00 bits per heavy atom. The lowest BCUT2D eigenvalue weighted by atomic mass is 9.98. The van der Waals surface area contributed by atoms with Gasteiger partial charge < -0.3 is 20.1 Å². The molecule has 0 radical (unpaired) electrons. The van der Waals surface area contributed by atoms with E-state index in [0.717, 1.165) is 51.7 Å². The maximum absolute atomic E-state index is 12.3. The fourth-order valence-electron chi connectivity index (χ4n) is 3.13. The summed E-state index contributed by atoms with van der Waals surface area (Å²) in [6.45, 7) is 2.06. The molecule has 2 atom stereocenters. The van der Waals surface area contributed by atoms with Crippen molar-refractivity contribution in [3.05, 3.63) is 0 Å². The molecule has 6 nitrogen and oxygen atoms in total. The summed E-state index contributed by atoms with van der Waals surface area (Å²) in [5.41, 5.74) is 0. The van der Waals surface area contributed by atoms with Gasteiger partial charge in [0.1, 0.15) is 0 Å². The lowest BCUT2D eigenvalue weighted by molar-refractivity contribution is -0.137. The molecule has 2 amide bonds. The molecule has 2 heterocycles. The van der Waals surface area contributed by atoms with Gasteiger partial charge in [0.15, 0.2) is 0 Å². The minimum atomic E-state index is -0.795. The van der Waals surface area contributed by atoms with Crippen molar-refractivity contribution in [1.82, 2.24) is 10.2 Å². The third-order valence-electron chi connectivity index (χ3n) is 4.33. The molecule has 0 bridgehead atoms. The van der Waals surface area contributed by atoms with Gasteiger partial charge in [0, 0.05) is 32.2 Å². The highest BCUT2D eigenvalue weighted by atomic mass is 16.5. The molecule has 2 fully saturated rings. The number of carbonyl (C=O) groups is 2. The van der Waals surface area contributed by atoms with Crippen molar-refractivity contribution in [1.29, 1.82) is 0 Å². The molecular weight excluding hydrogens is 272 g/mol. The summed E-state index contributed by atoms with van der Waals surface area (Å²) in [7, 11) is 0. The Hall–Kier alpha value is -1.30. The number of ether oxygens (including phenoxy) is 1. The molecule has 6 heteroatoms. The standard InChI is InChI=1S/C15H26N2O4/c18-14(19)8-7-12-5-1-3-9-17(12)15(20)16-11-13-6-2-4-10-21-13/h12-13H,1-11H2,(H,16,20)(H,18,19). The molecule has 2 unspecified atom stereocenters. The largest absolute Gasteiger partial charge is 0.481 e. The van der Waals surface area contributed by atoms with E-state index in [-0.39, 0.29) is 24.6 Å². The van der Waals surface area contributed by atoms with E-state index in [9.17, 15) is 9.59 Å². The fourth-order valence-corrected chi connectivity index (χ4v) is 3.13. The van der Waals surface area contributed by atoms with Crippen molar-refractivity contribution in [2.24, 2.45) is 0 Å². The van der Waals surface area contributed by atoms with Gasteiger partial charge in [0.2, 0.25) is 0 Å². The Bertz CT molecular complexity index is 356. The predicted octanol–water partition coefficient (Wildman–Crippen LogP) is 1.98. The van der Waals surface area contributed by atoms with Crippen LogP contribution in [0.4, 0.5) is 4.79 Å². The van der Waals surface area contributed by atoms with E-state index in [1.54, 1.807) is 0 Å². The number of carboxylic acids is 1. The number of rotatable bonds is 5. The molecular formula is C15H26N2O4. The molecule has 0 aromatic carbocycles. The van der Waals surface area contributed by atoms with Crippen molar-refractivity contribution >= 4 is 12.0 Å². The first-order chi connectivity index (χ1) is 10.2. The van der Waals surface area contributed by atoms with Crippen molar-refractivity contribution < 1.29 is 19.4 Å².